The van der Waals surface area contributed by atoms with Crippen molar-refractivity contribution >= 4 is 17.6 Å². The molecule has 9 nitrogen and oxygen atoms in total. The smallest absolute Gasteiger partial charge is 0.318 e. The molecule has 0 aliphatic rings. The number of urea groups is 1. The van der Waals surface area contributed by atoms with Crippen molar-refractivity contribution in [3.05, 3.63) is 33.9 Å². The van der Waals surface area contributed by atoms with Crippen molar-refractivity contribution in [2.75, 3.05) is 0 Å². The van der Waals surface area contributed by atoms with Crippen molar-refractivity contribution < 1.29 is 19.2 Å². The van der Waals surface area contributed by atoms with E-state index < -0.39 is 23.0 Å². The number of nitro groups is 1. The van der Waals surface area contributed by atoms with Crippen molar-refractivity contribution in [1.29, 1.82) is 0 Å². The molecule has 9 heteroatoms. The van der Waals surface area contributed by atoms with Crippen molar-refractivity contribution in [1.82, 2.24) is 5.32 Å². The maximum atomic E-state index is 11.5. The number of imide groups is 1. The van der Waals surface area contributed by atoms with Gasteiger partial charge >= 0.3 is 6.03 Å². The molecule has 0 bridgehead atoms. The summed E-state index contributed by atoms with van der Waals surface area (Å²) in [6.07, 6.45) is -1.01. The number of hydrogen-bond donors (Lipinski definition) is 3. The van der Waals surface area contributed by atoms with E-state index in [1.165, 1.54) is 25.1 Å². The van der Waals surface area contributed by atoms with Crippen LogP contribution >= 0.6 is 0 Å². The van der Waals surface area contributed by atoms with Gasteiger partial charge < -0.3 is 16.2 Å². The maximum Gasteiger partial charge on any atom is 0.318 e. The van der Waals surface area contributed by atoms with Crippen LogP contribution < -0.4 is 21.5 Å². The molecule has 1 unspecified atom stereocenters. The van der Waals surface area contributed by atoms with Crippen molar-refractivity contribution in [3.8, 4) is 5.75 Å². The first-order valence-electron chi connectivity index (χ1n) is 5.59. The van der Waals surface area contributed by atoms with Gasteiger partial charge in [-0.25, -0.2) is 4.79 Å². The molecule has 0 radical (unpaired) electrons. The van der Waals surface area contributed by atoms with Crippen molar-refractivity contribution in [2.24, 2.45) is 11.5 Å². The Hall–Kier alpha value is -2.68. The first-order valence-corrected chi connectivity index (χ1v) is 5.59. The summed E-state index contributed by atoms with van der Waals surface area (Å²) in [4.78, 5) is 32.1. The highest BCUT2D eigenvalue weighted by Crippen LogP contribution is 2.24. The number of rotatable bonds is 5. The second-order valence-corrected chi connectivity index (χ2v) is 3.87. The predicted octanol–water partition coefficient (Wildman–Crippen LogP) is 0.0157. The molecule has 1 atom stereocenters. The van der Waals surface area contributed by atoms with Crippen LogP contribution in [-0.4, -0.2) is 23.0 Å². The molecule has 0 saturated heterocycles. The Morgan fingerprint density at radius 2 is 2.15 bits per heavy atom. The van der Waals surface area contributed by atoms with Gasteiger partial charge in [-0.05, 0) is 13.0 Å². The van der Waals surface area contributed by atoms with Gasteiger partial charge in [0.05, 0.1) is 4.92 Å². The van der Waals surface area contributed by atoms with Crippen LogP contribution in [0.25, 0.3) is 0 Å². The van der Waals surface area contributed by atoms with Crippen LogP contribution in [-0.2, 0) is 11.3 Å². The van der Waals surface area contributed by atoms with E-state index in [1.807, 2.05) is 5.32 Å². The number of hydrogen-bond acceptors (Lipinski definition) is 6. The Morgan fingerprint density at radius 3 is 2.65 bits per heavy atom. The summed E-state index contributed by atoms with van der Waals surface area (Å²) in [6.45, 7) is 1.40. The Bertz CT molecular complexity index is 546. The molecule has 5 N–H and O–H groups in total. The minimum absolute atomic E-state index is 0.00116. The predicted molar refractivity (Wildman–Crippen MR) is 68.8 cm³/mol. The number of nitrogens with zero attached hydrogens (tertiary/aromatic N) is 1. The fourth-order valence-electron chi connectivity index (χ4n) is 1.42. The lowest BCUT2D eigenvalue weighted by Gasteiger charge is -2.15. The summed E-state index contributed by atoms with van der Waals surface area (Å²) < 4.78 is 5.31. The summed E-state index contributed by atoms with van der Waals surface area (Å²) in [6, 6.07) is 2.84. The third-order valence-electron chi connectivity index (χ3n) is 2.39. The first-order chi connectivity index (χ1) is 9.35. The molecule has 20 heavy (non-hydrogen) atoms. The summed E-state index contributed by atoms with van der Waals surface area (Å²) in [7, 11) is 0. The van der Waals surface area contributed by atoms with Crippen LogP contribution in [0.15, 0.2) is 18.2 Å². The second-order valence-electron chi connectivity index (χ2n) is 3.87. The lowest BCUT2D eigenvalue weighted by atomic mass is 10.1. The van der Waals surface area contributed by atoms with Crippen LogP contribution in [0.1, 0.15) is 12.5 Å². The highest BCUT2D eigenvalue weighted by Gasteiger charge is 2.18. The molecule has 0 saturated carbocycles. The van der Waals surface area contributed by atoms with Gasteiger partial charge in [0.1, 0.15) is 5.75 Å². The second kappa shape index (κ2) is 6.48. The fourth-order valence-corrected chi connectivity index (χ4v) is 1.42. The van der Waals surface area contributed by atoms with Gasteiger partial charge in [-0.3, -0.25) is 20.2 Å². The fraction of sp³-hybridized carbons (Fsp3) is 0.273. The van der Waals surface area contributed by atoms with Crippen LogP contribution in [0.5, 0.6) is 5.75 Å². The Morgan fingerprint density at radius 1 is 1.50 bits per heavy atom. The largest absolute Gasteiger partial charge is 0.481 e. The minimum atomic E-state index is -1.01. The number of carbonyl (C=O) groups is 2. The van der Waals surface area contributed by atoms with Crippen LogP contribution in [0.4, 0.5) is 10.5 Å². The van der Waals surface area contributed by atoms with Gasteiger partial charge in [0.25, 0.3) is 11.6 Å². The van der Waals surface area contributed by atoms with Gasteiger partial charge in [-0.15, -0.1) is 0 Å². The highest BCUT2D eigenvalue weighted by atomic mass is 16.6. The minimum Gasteiger partial charge on any atom is -0.481 e. The number of nitrogens with one attached hydrogen (secondary N) is 1. The van der Waals surface area contributed by atoms with Gasteiger partial charge in [0.2, 0.25) is 0 Å². The Kier molecular flexibility index (Phi) is 4.98. The van der Waals surface area contributed by atoms with Crippen molar-refractivity contribution in [2.45, 2.75) is 19.6 Å². The number of nitrogens with two attached hydrogens (primary N) is 2. The normalized spacial score (nSPS) is 11.5. The van der Waals surface area contributed by atoms with Crippen molar-refractivity contribution in [3.63, 3.8) is 0 Å². The standard InChI is InChI=1S/C11H14N4O5/c1-6(10(16)14-11(13)17)20-9-3-2-8(15(18)19)4-7(9)5-12/h2-4,6H,5,12H2,1H3,(H3,13,14,16,17). The Labute approximate surface area is 114 Å². The average molecular weight is 282 g/mol. The third-order valence-corrected chi connectivity index (χ3v) is 2.39. The van der Waals surface area contributed by atoms with E-state index >= 15 is 0 Å². The van der Waals surface area contributed by atoms with E-state index in [9.17, 15) is 19.7 Å². The SMILES string of the molecule is CC(Oc1ccc([N+](=O)[O-])cc1CN)C(=O)NC(N)=O. The first kappa shape index (κ1) is 15.4. The van der Waals surface area contributed by atoms with Crippen LogP contribution in [0.2, 0.25) is 0 Å². The molecule has 1 aromatic carbocycles. The lowest BCUT2D eigenvalue weighted by Crippen LogP contribution is -2.42. The molecular weight excluding hydrogens is 268 g/mol. The molecule has 0 heterocycles. The summed E-state index contributed by atoms with van der Waals surface area (Å²) in [5.41, 5.74) is 10.5. The van der Waals surface area contributed by atoms with E-state index in [2.05, 4.69) is 0 Å². The number of ether oxygens (including phenoxy) is 1. The molecule has 1 aromatic rings. The zero-order valence-electron chi connectivity index (χ0n) is 10.7. The maximum absolute atomic E-state index is 11.5. The zero-order chi connectivity index (χ0) is 15.3. The third kappa shape index (κ3) is 3.92. The monoisotopic (exact) mass is 282 g/mol. The molecule has 0 spiro atoms. The summed E-state index contributed by atoms with van der Waals surface area (Å²) in [5, 5.41) is 12.5. The topological polar surface area (TPSA) is 151 Å². The average Bonchev–Trinajstić information content (AvgIpc) is 2.37. The van der Waals surface area contributed by atoms with Gasteiger partial charge in [0, 0.05) is 24.2 Å². The van der Waals surface area contributed by atoms with E-state index in [-0.39, 0.29) is 18.0 Å². The molecule has 1 rings (SSSR count). The number of amides is 3. The molecular formula is C11H14N4O5. The number of primary amides is 1. The molecule has 108 valence electrons. The van der Waals surface area contributed by atoms with E-state index in [1.54, 1.807) is 0 Å². The van der Waals surface area contributed by atoms with E-state index in [0.29, 0.717) is 5.56 Å². The van der Waals surface area contributed by atoms with E-state index in [4.69, 9.17) is 16.2 Å². The Balaban J connectivity index is 2.89. The molecule has 0 aromatic heterocycles. The van der Waals surface area contributed by atoms with Crippen LogP contribution in [0, 0.1) is 10.1 Å². The van der Waals surface area contributed by atoms with Gasteiger partial charge in [-0.2, -0.15) is 0 Å². The molecule has 0 aliphatic carbocycles. The quantitative estimate of drug-likeness (QED) is 0.511. The van der Waals surface area contributed by atoms with Gasteiger partial charge in [0.15, 0.2) is 6.10 Å². The number of carbonyl (C=O) groups excluding carboxylic acids is 2. The lowest BCUT2D eigenvalue weighted by molar-refractivity contribution is -0.384. The number of benzene rings is 1. The molecule has 0 fully saturated rings. The molecule has 3 amide bonds. The highest BCUT2D eigenvalue weighted by molar-refractivity contribution is 5.95. The summed E-state index contributed by atoms with van der Waals surface area (Å²) in [5.74, 6) is -0.496. The van der Waals surface area contributed by atoms with Gasteiger partial charge in [-0.1, -0.05) is 0 Å². The van der Waals surface area contributed by atoms with E-state index in [0.717, 1.165) is 0 Å². The number of non-ortho nitro benzene ring substituents is 1. The molecule has 0 aliphatic heterocycles. The summed E-state index contributed by atoms with van der Waals surface area (Å²) >= 11 is 0. The zero-order valence-corrected chi connectivity index (χ0v) is 10.7. The number of nitro benzene ring substituents is 1. The van der Waals surface area contributed by atoms with Crippen LogP contribution in [0.3, 0.4) is 0 Å².